The van der Waals surface area contributed by atoms with E-state index in [2.05, 4.69) is 12.2 Å². The van der Waals surface area contributed by atoms with Crippen LogP contribution in [0.1, 0.15) is 33.1 Å². The Bertz CT molecular complexity index is 196. The zero-order valence-corrected chi connectivity index (χ0v) is 9.62. The first-order valence-electron chi connectivity index (χ1n) is 5.73. The molecule has 0 bridgehead atoms. The second kappa shape index (κ2) is 6.80. The number of hydrogen-bond donors (Lipinski definition) is 1. The highest BCUT2D eigenvalue weighted by Gasteiger charge is 2.18. The maximum Gasteiger partial charge on any atom is 0.307 e. The SMILES string of the molecule is CCOC(=O)CCNC1CCOC(C)C1. The Morgan fingerprint density at radius 2 is 2.40 bits per heavy atom. The van der Waals surface area contributed by atoms with Crippen molar-refractivity contribution in [1.82, 2.24) is 5.32 Å². The predicted molar refractivity (Wildman–Crippen MR) is 57.7 cm³/mol. The molecule has 0 aromatic rings. The largest absolute Gasteiger partial charge is 0.466 e. The van der Waals surface area contributed by atoms with E-state index < -0.39 is 0 Å². The Morgan fingerprint density at radius 1 is 1.60 bits per heavy atom. The smallest absolute Gasteiger partial charge is 0.307 e. The molecular weight excluding hydrogens is 194 g/mol. The van der Waals surface area contributed by atoms with Crippen molar-refractivity contribution < 1.29 is 14.3 Å². The fourth-order valence-corrected chi connectivity index (χ4v) is 1.79. The summed E-state index contributed by atoms with van der Waals surface area (Å²) >= 11 is 0. The molecule has 1 saturated heterocycles. The molecular formula is C11H21NO3. The van der Waals surface area contributed by atoms with E-state index in [1.54, 1.807) is 0 Å². The molecule has 1 rings (SSSR count). The Labute approximate surface area is 91.3 Å². The van der Waals surface area contributed by atoms with Gasteiger partial charge in [-0.1, -0.05) is 0 Å². The Morgan fingerprint density at radius 3 is 3.07 bits per heavy atom. The third-order valence-electron chi connectivity index (χ3n) is 2.55. The van der Waals surface area contributed by atoms with Gasteiger partial charge in [0, 0.05) is 19.2 Å². The summed E-state index contributed by atoms with van der Waals surface area (Å²) < 4.78 is 10.3. The van der Waals surface area contributed by atoms with Crippen molar-refractivity contribution in [2.75, 3.05) is 19.8 Å². The van der Waals surface area contributed by atoms with Crippen molar-refractivity contribution in [3.05, 3.63) is 0 Å². The maximum absolute atomic E-state index is 11.1. The molecule has 0 aromatic heterocycles. The van der Waals surface area contributed by atoms with Gasteiger partial charge in [-0.15, -0.1) is 0 Å². The lowest BCUT2D eigenvalue weighted by Gasteiger charge is -2.27. The average molecular weight is 215 g/mol. The second-order valence-corrected chi connectivity index (χ2v) is 3.91. The molecule has 0 spiro atoms. The van der Waals surface area contributed by atoms with Gasteiger partial charge in [0.25, 0.3) is 0 Å². The third kappa shape index (κ3) is 5.14. The first kappa shape index (κ1) is 12.5. The first-order valence-corrected chi connectivity index (χ1v) is 5.73. The summed E-state index contributed by atoms with van der Waals surface area (Å²) in [7, 11) is 0. The van der Waals surface area contributed by atoms with Crippen LogP contribution in [0, 0.1) is 0 Å². The van der Waals surface area contributed by atoms with E-state index in [-0.39, 0.29) is 5.97 Å². The van der Waals surface area contributed by atoms with Crippen LogP contribution in [-0.4, -0.2) is 37.9 Å². The van der Waals surface area contributed by atoms with Gasteiger partial charge in [-0.25, -0.2) is 0 Å². The quantitative estimate of drug-likeness (QED) is 0.698. The lowest BCUT2D eigenvalue weighted by molar-refractivity contribution is -0.143. The molecule has 4 heteroatoms. The van der Waals surface area contributed by atoms with Crippen molar-refractivity contribution in [3.8, 4) is 0 Å². The minimum absolute atomic E-state index is 0.120. The van der Waals surface area contributed by atoms with Crippen LogP contribution in [0.2, 0.25) is 0 Å². The summed E-state index contributed by atoms with van der Waals surface area (Å²) in [4.78, 5) is 11.1. The normalized spacial score (nSPS) is 26.3. The van der Waals surface area contributed by atoms with Crippen LogP contribution in [-0.2, 0) is 14.3 Å². The van der Waals surface area contributed by atoms with E-state index in [1.165, 1.54) is 0 Å². The minimum atomic E-state index is -0.120. The topological polar surface area (TPSA) is 47.6 Å². The van der Waals surface area contributed by atoms with Gasteiger partial charge in [-0.05, 0) is 26.7 Å². The molecule has 0 saturated carbocycles. The summed E-state index contributed by atoms with van der Waals surface area (Å²) in [6.45, 7) is 5.90. The van der Waals surface area contributed by atoms with Gasteiger partial charge in [0.1, 0.15) is 0 Å². The molecule has 0 aromatic carbocycles. The van der Waals surface area contributed by atoms with Crippen molar-refractivity contribution in [2.24, 2.45) is 0 Å². The highest BCUT2D eigenvalue weighted by atomic mass is 16.5. The predicted octanol–water partition coefficient (Wildman–Crippen LogP) is 1.10. The lowest BCUT2D eigenvalue weighted by atomic mass is 10.0. The second-order valence-electron chi connectivity index (χ2n) is 3.91. The Kier molecular flexibility index (Phi) is 5.65. The molecule has 2 unspecified atom stereocenters. The molecule has 15 heavy (non-hydrogen) atoms. The van der Waals surface area contributed by atoms with Crippen LogP contribution in [0.4, 0.5) is 0 Å². The summed E-state index contributed by atoms with van der Waals surface area (Å²) in [5.41, 5.74) is 0. The molecule has 0 radical (unpaired) electrons. The number of nitrogens with one attached hydrogen (secondary N) is 1. The summed E-state index contributed by atoms with van der Waals surface area (Å²) in [5, 5.41) is 3.36. The summed E-state index contributed by atoms with van der Waals surface area (Å²) in [6, 6.07) is 0.489. The van der Waals surface area contributed by atoms with Gasteiger partial charge >= 0.3 is 5.97 Å². The lowest BCUT2D eigenvalue weighted by Crippen LogP contribution is -2.38. The zero-order valence-electron chi connectivity index (χ0n) is 9.62. The number of carbonyl (C=O) groups excluding carboxylic acids is 1. The van der Waals surface area contributed by atoms with E-state index in [9.17, 15) is 4.79 Å². The van der Waals surface area contributed by atoms with Gasteiger partial charge in [-0.2, -0.15) is 0 Å². The molecule has 1 N–H and O–H groups in total. The fraction of sp³-hybridized carbons (Fsp3) is 0.909. The highest BCUT2D eigenvalue weighted by molar-refractivity contribution is 5.69. The first-order chi connectivity index (χ1) is 7.22. The van der Waals surface area contributed by atoms with Gasteiger partial charge in [0.2, 0.25) is 0 Å². The zero-order chi connectivity index (χ0) is 11.1. The van der Waals surface area contributed by atoms with E-state index >= 15 is 0 Å². The Hall–Kier alpha value is -0.610. The average Bonchev–Trinajstić information content (AvgIpc) is 2.18. The number of esters is 1. The van der Waals surface area contributed by atoms with Gasteiger partial charge in [0.15, 0.2) is 0 Å². The van der Waals surface area contributed by atoms with Crippen molar-refractivity contribution in [2.45, 2.75) is 45.3 Å². The van der Waals surface area contributed by atoms with E-state index in [0.717, 1.165) is 19.4 Å². The highest BCUT2D eigenvalue weighted by Crippen LogP contribution is 2.12. The Balaban J connectivity index is 2.06. The van der Waals surface area contributed by atoms with Crippen molar-refractivity contribution in [1.29, 1.82) is 0 Å². The van der Waals surface area contributed by atoms with Gasteiger partial charge in [0.05, 0.1) is 19.1 Å². The van der Waals surface area contributed by atoms with Crippen molar-refractivity contribution in [3.63, 3.8) is 0 Å². The van der Waals surface area contributed by atoms with Gasteiger partial charge < -0.3 is 14.8 Å². The van der Waals surface area contributed by atoms with Crippen LogP contribution < -0.4 is 5.32 Å². The summed E-state index contributed by atoms with van der Waals surface area (Å²) in [6.07, 6.45) is 2.86. The van der Waals surface area contributed by atoms with Crippen LogP contribution >= 0.6 is 0 Å². The van der Waals surface area contributed by atoms with E-state index in [0.29, 0.717) is 31.7 Å². The minimum Gasteiger partial charge on any atom is -0.466 e. The van der Waals surface area contributed by atoms with E-state index in [1.807, 2.05) is 6.92 Å². The monoisotopic (exact) mass is 215 g/mol. The molecule has 2 atom stereocenters. The number of ether oxygens (including phenoxy) is 2. The van der Waals surface area contributed by atoms with Crippen LogP contribution in [0.5, 0.6) is 0 Å². The molecule has 0 aliphatic carbocycles. The fourth-order valence-electron chi connectivity index (χ4n) is 1.79. The number of hydrogen-bond acceptors (Lipinski definition) is 4. The van der Waals surface area contributed by atoms with Crippen LogP contribution in [0.25, 0.3) is 0 Å². The molecule has 1 aliphatic heterocycles. The van der Waals surface area contributed by atoms with Crippen LogP contribution in [0.3, 0.4) is 0 Å². The van der Waals surface area contributed by atoms with E-state index in [4.69, 9.17) is 9.47 Å². The number of carbonyl (C=O) groups is 1. The molecule has 1 fully saturated rings. The molecule has 1 heterocycles. The van der Waals surface area contributed by atoms with Gasteiger partial charge in [-0.3, -0.25) is 4.79 Å². The third-order valence-corrected chi connectivity index (χ3v) is 2.55. The standard InChI is InChI=1S/C11H21NO3/c1-3-14-11(13)4-6-12-10-5-7-15-9(2)8-10/h9-10,12H,3-8H2,1-2H3. The molecule has 0 amide bonds. The van der Waals surface area contributed by atoms with Crippen LogP contribution in [0.15, 0.2) is 0 Å². The summed E-state index contributed by atoms with van der Waals surface area (Å²) in [5.74, 6) is -0.120. The maximum atomic E-state index is 11.1. The van der Waals surface area contributed by atoms with Crippen molar-refractivity contribution >= 4 is 5.97 Å². The molecule has 1 aliphatic rings. The molecule has 88 valence electrons. The number of rotatable bonds is 5. The molecule has 4 nitrogen and oxygen atoms in total.